The van der Waals surface area contributed by atoms with E-state index in [-0.39, 0.29) is 6.10 Å². The van der Waals surface area contributed by atoms with E-state index in [2.05, 4.69) is 27.0 Å². The van der Waals surface area contributed by atoms with Crippen LogP contribution in [0, 0.1) is 0 Å². The molecular formula is C12H19N5OS. The fourth-order valence-electron chi connectivity index (χ4n) is 1.91. The van der Waals surface area contributed by atoms with Crippen molar-refractivity contribution in [1.29, 1.82) is 0 Å². The summed E-state index contributed by atoms with van der Waals surface area (Å²) in [4.78, 5) is 0. The Kier molecular flexibility index (Phi) is 4.39. The molecule has 1 aromatic heterocycles. The lowest BCUT2D eigenvalue weighted by Gasteiger charge is -2.21. The topological polar surface area (TPSA) is 85.1 Å². The number of nitrogens with two attached hydrogens (primary N) is 1. The summed E-state index contributed by atoms with van der Waals surface area (Å²) in [7, 11) is 1.89. The highest BCUT2D eigenvalue weighted by Gasteiger charge is 2.18. The van der Waals surface area contributed by atoms with E-state index in [4.69, 9.17) is 10.6 Å². The zero-order chi connectivity index (χ0) is 13.8. The van der Waals surface area contributed by atoms with Crippen LogP contribution in [0.3, 0.4) is 0 Å². The molecule has 0 aliphatic heterocycles. The van der Waals surface area contributed by atoms with Crippen LogP contribution in [0.1, 0.15) is 31.7 Å². The van der Waals surface area contributed by atoms with E-state index in [1.807, 2.05) is 20.9 Å². The molecule has 7 heteroatoms. The number of nitrogen functional groups attached to an aromatic ring is 1. The lowest BCUT2D eigenvalue weighted by molar-refractivity contribution is 0.136. The summed E-state index contributed by atoms with van der Waals surface area (Å²) in [6.07, 6.45) is 4.02. The normalized spacial score (nSPS) is 15.5. The van der Waals surface area contributed by atoms with E-state index in [9.17, 15) is 0 Å². The number of nitrogens with one attached hydrogen (secondary N) is 2. The molecule has 0 saturated heterocycles. The minimum Gasteiger partial charge on any atom is -0.493 e. The van der Waals surface area contributed by atoms with Crippen LogP contribution < -0.4 is 16.6 Å². The highest BCUT2D eigenvalue weighted by molar-refractivity contribution is 7.16. The summed E-state index contributed by atoms with van der Waals surface area (Å²) in [6.45, 7) is 4.06. The third-order valence-electron chi connectivity index (χ3n) is 2.71. The van der Waals surface area contributed by atoms with Crippen molar-refractivity contribution in [3.63, 3.8) is 0 Å². The summed E-state index contributed by atoms with van der Waals surface area (Å²) in [6, 6.07) is 0. The van der Waals surface area contributed by atoms with Crippen molar-refractivity contribution in [1.82, 2.24) is 15.5 Å². The van der Waals surface area contributed by atoms with Crippen molar-refractivity contribution in [2.45, 2.75) is 32.8 Å². The number of hydrazine groups is 1. The van der Waals surface area contributed by atoms with Crippen LogP contribution in [0.4, 0.5) is 5.13 Å². The van der Waals surface area contributed by atoms with E-state index in [0.717, 1.165) is 34.9 Å². The number of allylic oxidation sites excluding steroid dienone is 3. The average Bonchev–Trinajstić information content (AvgIpc) is 2.87. The number of rotatable bonds is 5. The number of hydrogen-bond donors (Lipinski definition) is 3. The number of anilines is 1. The highest BCUT2D eigenvalue weighted by Crippen LogP contribution is 2.32. The molecule has 1 aliphatic rings. The molecule has 0 radical (unpaired) electrons. The second-order valence-electron chi connectivity index (χ2n) is 4.48. The molecule has 1 aliphatic carbocycles. The second-order valence-corrected chi connectivity index (χ2v) is 5.46. The van der Waals surface area contributed by atoms with Crippen LogP contribution in [-0.4, -0.2) is 23.3 Å². The predicted molar refractivity (Wildman–Crippen MR) is 77.2 cm³/mol. The Bertz CT molecular complexity index is 506. The second kappa shape index (κ2) is 6.03. The standard InChI is InChI=1S/C12H19N5OS/c1-7(2)18-10-5-4-8(6-9(10)14-3)11-16-17-12(15-13)19-11/h6-7,14H,4-5,13H2,1-3H3,(H,15,17). The summed E-state index contributed by atoms with van der Waals surface area (Å²) in [5.41, 5.74) is 4.67. The maximum absolute atomic E-state index is 5.81. The summed E-state index contributed by atoms with van der Waals surface area (Å²) < 4.78 is 5.81. The van der Waals surface area contributed by atoms with E-state index in [1.165, 1.54) is 11.3 Å². The Morgan fingerprint density at radius 1 is 1.37 bits per heavy atom. The fraction of sp³-hybridized carbons (Fsp3) is 0.500. The Hall–Kier alpha value is -1.60. The molecule has 104 valence electrons. The molecule has 0 fully saturated rings. The molecule has 2 rings (SSSR count). The minimum absolute atomic E-state index is 0.183. The molecule has 6 nitrogen and oxygen atoms in total. The fourth-order valence-corrected chi connectivity index (χ4v) is 2.61. The van der Waals surface area contributed by atoms with Crippen LogP contribution in [0.15, 0.2) is 17.5 Å². The Morgan fingerprint density at radius 3 is 2.74 bits per heavy atom. The molecule has 1 aromatic rings. The maximum Gasteiger partial charge on any atom is 0.220 e. The molecule has 0 aromatic carbocycles. The zero-order valence-corrected chi connectivity index (χ0v) is 12.2. The van der Waals surface area contributed by atoms with Crippen molar-refractivity contribution in [2.24, 2.45) is 5.84 Å². The minimum atomic E-state index is 0.183. The third kappa shape index (κ3) is 3.24. The quantitative estimate of drug-likeness (QED) is 0.564. The Labute approximate surface area is 116 Å². The van der Waals surface area contributed by atoms with Gasteiger partial charge in [0.05, 0.1) is 11.8 Å². The molecule has 1 heterocycles. The zero-order valence-electron chi connectivity index (χ0n) is 11.4. The van der Waals surface area contributed by atoms with Crippen LogP contribution in [-0.2, 0) is 4.74 Å². The van der Waals surface area contributed by atoms with E-state index in [1.54, 1.807) is 0 Å². The molecule has 0 atom stereocenters. The summed E-state index contributed by atoms with van der Waals surface area (Å²) in [5, 5.41) is 12.8. The largest absolute Gasteiger partial charge is 0.493 e. The van der Waals surface area contributed by atoms with Gasteiger partial charge in [0.25, 0.3) is 0 Å². The van der Waals surface area contributed by atoms with Crippen LogP contribution in [0.2, 0.25) is 0 Å². The number of hydrogen-bond acceptors (Lipinski definition) is 7. The third-order valence-corrected chi connectivity index (χ3v) is 3.64. The Balaban J connectivity index is 2.24. The van der Waals surface area contributed by atoms with Crippen LogP contribution in [0.25, 0.3) is 5.57 Å². The number of likely N-dealkylation sites (N-methyl/N-ethyl adjacent to an activating group) is 1. The first-order valence-electron chi connectivity index (χ1n) is 6.22. The van der Waals surface area contributed by atoms with E-state index >= 15 is 0 Å². The van der Waals surface area contributed by atoms with Gasteiger partial charge < -0.3 is 10.1 Å². The first-order valence-corrected chi connectivity index (χ1v) is 7.04. The van der Waals surface area contributed by atoms with Gasteiger partial charge in [-0.3, -0.25) is 5.43 Å². The number of ether oxygens (including phenoxy) is 1. The molecule has 0 amide bonds. The van der Waals surface area contributed by atoms with Crippen molar-refractivity contribution < 1.29 is 4.74 Å². The van der Waals surface area contributed by atoms with E-state index in [0.29, 0.717) is 5.13 Å². The van der Waals surface area contributed by atoms with Gasteiger partial charge in [-0.25, -0.2) is 5.84 Å². The molecule has 0 spiro atoms. The average molecular weight is 281 g/mol. The molecule has 0 unspecified atom stereocenters. The van der Waals surface area contributed by atoms with Gasteiger partial charge in [0.15, 0.2) is 0 Å². The maximum atomic E-state index is 5.81. The molecule has 4 N–H and O–H groups in total. The summed E-state index contributed by atoms with van der Waals surface area (Å²) >= 11 is 1.45. The SMILES string of the molecule is CNC1=C(OC(C)C)CCC(c2nnc(NN)s2)=C1. The Morgan fingerprint density at radius 2 is 2.16 bits per heavy atom. The van der Waals surface area contributed by atoms with Crippen LogP contribution >= 0.6 is 11.3 Å². The predicted octanol–water partition coefficient (Wildman–Crippen LogP) is 1.86. The van der Waals surface area contributed by atoms with Gasteiger partial charge in [0.1, 0.15) is 10.8 Å². The van der Waals surface area contributed by atoms with Gasteiger partial charge in [-0.05, 0) is 31.9 Å². The molecule has 19 heavy (non-hydrogen) atoms. The molecule has 0 saturated carbocycles. The van der Waals surface area contributed by atoms with Gasteiger partial charge in [0, 0.05) is 13.5 Å². The van der Waals surface area contributed by atoms with Gasteiger partial charge in [-0.2, -0.15) is 0 Å². The van der Waals surface area contributed by atoms with Crippen LogP contribution in [0.5, 0.6) is 0 Å². The van der Waals surface area contributed by atoms with Crippen molar-refractivity contribution in [2.75, 3.05) is 12.5 Å². The van der Waals surface area contributed by atoms with Crippen molar-refractivity contribution in [3.8, 4) is 0 Å². The first-order chi connectivity index (χ1) is 9.13. The smallest absolute Gasteiger partial charge is 0.220 e. The number of nitrogens with zero attached hydrogens (tertiary/aromatic N) is 2. The number of aromatic nitrogens is 2. The monoisotopic (exact) mass is 281 g/mol. The highest BCUT2D eigenvalue weighted by atomic mass is 32.1. The van der Waals surface area contributed by atoms with Gasteiger partial charge in [-0.15, -0.1) is 10.2 Å². The first kappa shape index (κ1) is 13.8. The lowest BCUT2D eigenvalue weighted by Crippen LogP contribution is -2.15. The van der Waals surface area contributed by atoms with Crippen molar-refractivity contribution in [3.05, 3.63) is 22.5 Å². The van der Waals surface area contributed by atoms with E-state index < -0.39 is 0 Å². The van der Waals surface area contributed by atoms with Gasteiger partial charge in [-0.1, -0.05) is 11.3 Å². The van der Waals surface area contributed by atoms with Crippen molar-refractivity contribution >= 4 is 22.0 Å². The molecule has 0 bridgehead atoms. The summed E-state index contributed by atoms with van der Waals surface area (Å²) in [5.74, 6) is 6.32. The molecular weight excluding hydrogens is 262 g/mol. The van der Waals surface area contributed by atoms with Gasteiger partial charge >= 0.3 is 0 Å². The van der Waals surface area contributed by atoms with Gasteiger partial charge in [0.2, 0.25) is 5.13 Å². The lowest BCUT2D eigenvalue weighted by atomic mass is 10.0.